The summed E-state index contributed by atoms with van der Waals surface area (Å²) in [5.74, 6) is -0.743. The van der Waals surface area contributed by atoms with E-state index in [9.17, 15) is 9.18 Å². The number of hydrogen-bond donors (Lipinski definition) is 1. The summed E-state index contributed by atoms with van der Waals surface area (Å²) in [5.41, 5.74) is 2.28. The van der Waals surface area contributed by atoms with Gasteiger partial charge in [0, 0.05) is 10.0 Å². The zero-order valence-electron chi connectivity index (χ0n) is 10.6. The van der Waals surface area contributed by atoms with Crippen molar-refractivity contribution in [2.45, 2.75) is 13.8 Å². The van der Waals surface area contributed by atoms with Gasteiger partial charge in [0.15, 0.2) is 0 Å². The van der Waals surface area contributed by atoms with Gasteiger partial charge in [-0.1, -0.05) is 34.1 Å². The summed E-state index contributed by atoms with van der Waals surface area (Å²) < 4.78 is 14.5. The first kappa shape index (κ1) is 13.7. The van der Waals surface area contributed by atoms with Crippen LogP contribution >= 0.6 is 15.9 Å². The lowest BCUT2D eigenvalue weighted by molar-refractivity contribution is 0.102. The number of anilines is 1. The molecule has 0 aromatic heterocycles. The van der Waals surface area contributed by atoms with Crippen molar-refractivity contribution in [3.8, 4) is 0 Å². The van der Waals surface area contributed by atoms with Crippen LogP contribution in [-0.4, -0.2) is 5.91 Å². The van der Waals surface area contributed by atoms with Gasteiger partial charge in [0.05, 0.1) is 5.69 Å². The van der Waals surface area contributed by atoms with Gasteiger partial charge < -0.3 is 5.32 Å². The molecule has 1 amide bonds. The molecule has 0 aliphatic heterocycles. The second kappa shape index (κ2) is 5.53. The van der Waals surface area contributed by atoms with Gasteiger partial charge in [-0.2, -0.15) is 0 Å². The predicted octanol–water partition coefficient (Wildman–Crippen LogP) is 4.46. The molecular weight excluding hydrogens is 309 g/mol. The largest absolute Gasteiger partial charge is 0.319 e. The smallest absolute Gasteiger partial charge is 0.256 e. The maximum atomic E-state index is 13.7. The van der Waals surface area contributed by atoms with Gasteiger partial charge >= 0.3 is 0 Å². The fourth-order valence-corrected chi connectivity index (χ4v) is 2.19. The van der Waals surface area contributed by atoms with Gasteiger partial charge in [-0.15, -0.1) is 0 Å². The summed E-state index contributed by atoms with van der Waals surface area (Å²) in [7, 11) is 0. The van der Waals surface area contributed by atoms with Crippen LogP contribution in [0.4, 0.5) is 10.1 Å². The van der Waals surface area contributed by atoms with E-state index in [2.05, 4.69) is 21.2 Å². The molecule has 0 spiro atoms. The van der Waals surface area contributed by atoms with Crippen LogP contribution in [-0.2, 0) is 0 Å². The van der Waals surface area contributed by atoms with Crippen molar-refractivity contribution in [2.24, 2.45) is 0 Å². The number of aryl methyl sites for hydroxylation is 1. The molecule has 0 aliphatic carbocycles. The van der Waals surface area contributed by atoms with Gasteiger partial charge in [-0.3, -0.25) is 4.79 Å². The second-order valence-corrected chi connectivity index (χ2v) is 5.15. The van der Waals surface area contributed by atoms with E-state index in [1.165, 1.54) is 6.07 Å². The third-order valence-electron chi connectivity index (χ3n) is 2.97. The van der Waals surface area contributed by atoms with Crippen molar-refractivity contribution in [1.82, 2.24) is 0 Å². The number of nitrogens with one attached hydrogen (secondary N) is 1. The minimum Gasteiger partial charge on any atom is -0.319 e. The van der Waals surface area contributed by atoms with Crippen molar-refractivity contribution in [1.29, 1.82) is 0 Å². The average molecular weight is 322 g/mol. The molecular formula is C15H13BrFNO. The highest BCUT2D eigenvalue weighted by atomic mass is 79.9. The van der Waals surface area contributed by atoms with Crippen LogP contribution in [0.5, 0.6) is 0 Å². The Kier molecular flexibility index (Phi) is 4.00. The number of benzene rings is 2. The fraction of sp³-hybridized carbons (Fsp3) is 0.133. The quantitative estimate of drug-likeness (QED) is 0.869. The van der Waals surface area contributed by atoms with Crippen molar-refractivity contribution in [3.05, 3.63) is 63.4 Å². The Morgan fingerprint density at radius 2 is 1.84 bits per heavy atom. The SMILES string of the molecule is Cc1cccc(F)c1NC(=O)c1cccc(Br)c1C. The maximum Gasteiger partial charge on any atom is 0.256 e. The number of amides is 1. The topological polar surface area (TPSA) is 29.1 Å². The maximum absolute atomic E-state index is 13.7. The standard InChI is InChI=1S/C15H13BrFNO/c1-9-5-3-8-13(17)14(9)18-15(19)11-6-4-7-12(16)10(11)2/h3-8H,1-2H3,(H,18,19). The lowest BCUT2D eigenvalue weighted by atomic mass is 10.1. The van der Waals surface area contributed by atoms with Crippen molar-refractivity contribution < 1.29 is 9.18 Å². The van der Waals surface area contributed by atoms with Crippen LogP contribution in [0.3, 0.4) is 0 Å². The first-order chi connectivity index (χ1) is 9.00. The van der Waals surface area contributed by atoms with Crippen LogP contribution in [0.1, 0.15) is 21.5 Å². The number of carbonyl (C=O) groups excluding carboxylic acids is 1. The molecule has 0 heterocycles. The third-order valence-corrected chi connectivity index (χ3v) is 3.83. The highest BCUT2D eigenvalue weighted by Crippen LogP contribution is 2.23. The van der Waals surface area contributed by atoms with Gasteiger partial charge in [0.2, 0.25) is 0 Å². The molecule has 0 saturated heterocycles. The minimum atomic E-state index is -0.430. The van der Waals surface area contributed by atoms with Crippen molar-refractivity contribution >= 4 is 27.5 Å². The van der Waals surface area contributed by atoms with E-state index in [4.69, 9.17) is 0 Å². The molecule has 2 aromatic carbocycles. The van der Waals surface area contributed by atoms with Crippen molar-refractivity contribution in [2.75, 3.05) is 5.32 Å². The van der Waals surface area contributed by atoms with Crippen LogP contribution in [0.2, 0.25) is 0 Å². The van der Waals surface area contributed by atoms with Crippen molar-refractivity contribution in [3.63, 3.8) is 0 Å². The van der Waals surface area contributed by atoms with Crippen LogP contribution in [0.15, 0.2) is 40.9 Å². The molecule has 98 valence electrons. The molecule has 19 heavy (non-hydrogen) atoms. The molecule has 2 rings (SSSR count). The van der Waals surface area contributed by atoms with E-state index in [-0.39, 0.29) is 11.6 Å². The summed E-state index contributed by atoms with van der Waals surface area (Å²) >= 11 is 3.37. The summed E-state index contributed by atoms with van der Waals surface area (Å²) in [6.45, 7) is 3.60. The van der Waals surface area contributed by atoms with Crippen LogP contribution < -0.4 is 5.32 Å². The third kappa shape index (κ3) is 2.84. The lowest BCUT2D eigenvalue weighted by Gasteiger charge is -2.11. The minimum absolute atomic E-state index is 0.229. The van der Waals surface area contributed by atoms with Gasteiger partial charge in [0.1, 0.15) is 5.82 Å². The van der Waals surface area contributed by atoms with E-state index in [1.54, 1.807) is 31.2 Å². The summed E-state index contributed by atoms with van der Waals surface area (Å²) in [4.78, 5) is 12.2. The van der Waals surface area contributed by atoms with Crippen LogP contribution in [0.25, 0.3) is 0 Å². The monoisotopic (exact) mass is 321 g/mol. The molecule has 0 radical (unpaired) electrons. The average Bonchev–Trinajstić information content (AvgIpc) is 2.37. The van der Waals surface area contributed by atoms with E-state index < -0.39 is 5.82 Å². The Morgan fingerprint density at radius 1 is 1.16 bits per heavy atom. The Morgan fingerprint density at radius 3 is 2.53 bits per heavy atom. The molecule has 2 aromatic rings. The Labute approximate surface area is 119 Å². The zero-order valence-corrected chi connectivity index (χ0v) is 12.2. The predicted molar refractivity (Wildman–Crippen MR) is 78.0 cm³/mol. The Hall–Kier alpha value is -1.68. The van der Waals surface area contributed by atoms with E-state index in [0.717, 1.165) is 10.0 Å². The van der Waals surface area contributed by atoms with E-state index >= 15 is 0 Å². The summed E-state index contributed by atoms with van der Waals surface area (Å²) in [5, 5.41) is 2.63. The van der Waals surface area contributed by atoms with E-state index in [0.29, 0.717) is 11.1 Å². The first-order valence-corrected chi connectivity index (χ1v) is 6.61. The van der Waals surface area contributed by atoms with E-state index in [1.807, 2.05) is 13.0 Å². The number of halogens is 2. The van der Waals surface area contributed by atoms with Gasteiger partial charge in [0.25, 0.3) is 5.91 Å². The molecule has 0 saturated carbocycles. The molecule has 4 heteroatoms. The van der Waals surface area contributed by atoms with Gasteiger partial charge in [-0.05, 0) is 43.2 Å². The molecule has 0 fully saturated rings. The number of rotatable bonds is 2. The second-order valence-electron chi connectivity index (χ2n) is 4.30. The first-order valence-electron chi connectivity index (χ1n) is 5.82. The molecule has 0 atom stereocenters. The summed E-state index contributed by atoms with van der Waals surface area (Å²) in [6, 6.07) is 10.1. The molecule has 0 aliphatic rings. The Bertz CT molecular complexity index is 620. The molecule has 0 unspecified atom stereocenters. The highest BCUT2D eigenvalue weighted by molar-refractivity contribution is 9.10. The lowest BCUT2D eigenvalue weighted by Crippen LogP contribution is -2.15. The fourth-order valence-electron chi connectivity index (χ4n) is 1.82. The normalized spacial score (nSPS) is 10.3. The number of para-hydroxylation sites is 1. The Balaban J connectivity index is 2.34. The highest BCUT2D eigenvalue weighted by Gasteiger charge is 2.14. The molecule has 0 bridgehead atoms. The zero-order chi connectivity index (χ0) is 14.0. The van der Waals surface area contributed by atoms with Gasteiger partial charge in [-0.25, -0.2) is 4.39 Å². The number of hydrogen-bond acceptors (Lipinski definition) is 1. The number of carbonyl (C=O) groups is 1. The molecule has 1 N–H and O–H groups in total. The van der Waals surface area contributed by atoms with Crippen LogP contribution in [0, 0.1) is 19.7 Å². The molecule has 2 nitrogen and oxygen atoms in total. The summed E-state index contributed by atoms with van der Waals surface area (Å²) in [6.07, 6.45) is 0.